The molecule has 16 heavy (non-hydrogen) atoms. The van der Waals surface area contributed by atoms with E-state index in [1.165, 1.54) is 0 Å². The van der Waals surface area contributed by atoms with Gasteiger partial charge in [-0.15, -0.1) is 0 Å². The molecule has 1 aliphatic rings. The summed E-state index contributed by atoms with van der Waals surface area (Å²) in [6.07, 6.45) is 0. The van der Waals surface area contributed by atoms with E-state index in [0.29, 0.717) is 0 Å². The van der Waals surface area contributed by atoms with E-state index in [9.17, 15) is 0 Å². The zero-order chi connectivity index (χ0) is 10.8. The topological polar surface area (TPSA) is 24.7 Å². The van der Waals surface area contributed by atoms with Gasteiger partial charge in [-0.3, -0.25) is 0 Å². The molecular formula is C14H10N2. The minimum atomic E-state index is 0.819. The average molecular weight is 206 g/mol. The van der Waals surface area contributed by atoms with Gasteiger partial charge in [-0.05, 0) is 0 Å². The Kier molecular flexibility index (Phi) is 2.11. The quantitative estimate of drug-likeness (QED) is 0.721. The second-order valence-electron chi connectivity index (χ2n) is 3.60. The molecule has 3 rings (SSSR count). The van der Waals surface area contributed by atoms with Crippen molar-refractivity contribution in [3.63, 3.8) is 0 Å². The summed E-state index contributed by atoms with van der Waals surface area (Å²) in [4.78, 5) is 8.86. The van der Waals surface area contributed by atoms with Crippen LogP contribution in [0.25, 0.3) is 0 Å². The van der Waals surface area contributed by atoms with Gasteiger partial charge in [0, 0.05) is 11.1 Å². The summed E-state index contributed by atoms with van der Waals surface area (Å²) in [5.74, 6) is 1.64. The molecule has 0 fully saturated rings. The molecule has 2 heteroatoms. The van der Waals surface area contributed by atoms with Crippen LogP contribution >= 0.6 is 0 Å². The van der Waals surface area contributed by atoms with Gasteiger partial charge in [0.1, 0.15) is 0 Å². The Bertz CT molecular complexity index is 495. The summed E-state index contributed by atoms with van der Waals surface area (Å²) in [6, 6.07) is 20.0. The summed E-state index contributed by atoms with van der Waals surface area (Å²) in [5.41, 5.74) is 2.14. The molecule has 0 bridgehead atoms. The molecule has 2 nitrogen and oxygen atoms in total. The highest BCUT2D eigenvalue weighted by Gasteiger charge is 2.15. The minimum absolute atomic E-state index is 0.819. The largest absolute Gasteiger partial charge is 0.208 e. The summed E-state index contributed by atoms with van der Waals surface area (Å²) >= 11 is 0. The van der Waals surface area contributed by atoms with Crippen LogP contribution in [-0.4, -0.2) is 11.7 Å². The van der Waals surface area contributed by atoms with Crippen LogP contribution in [0.3, 0.4) is 0 Å². The molecule has 1 aliphatic heterocycles. The normalized spacial score (nSPS) is 13.8. The third-order valence-corrected chi connectivity index (χ3v) is 2.49. The fourth-order valence-electron chi connectivity index (χ4n) is 1.64. The van der Waals surface area contributed by atoms with E-state index in [0.717, 1.165) is 22.8 Å². The van der Waals surface area contributed by atoms with Crippen LogP contribution in [0.5, 0.6) is 0 Å². The molecule has 0 radical (unpaired) electrons. The molecular weight excluding hydrogens is 196 g/mol. The lowest BCUT2D eigenvalue weighted by Gasteiger charge is -2.12. The van der Waals surface area contributed by atoms with Crippen molar-refractivity contribution in [3.05, 3.63) is 71.8 Å². The second-order valence-corrected chi connectivity index (χ2v) is 3.60. The molecule has 1 heterocycles. The Hall–Kier alpha value is -2.22. The highest BCUT2D eigenvalue weighted by Crippen LogP contribution is 2.14. The predicted octanol–water partition coefficient (Wildman–Crippen LogP) is 2.89. The molecule has 0 aliphatic carbocycles. The van der Waals surface area contributed by atoms with Crippen molar-refractivity contribution in [2.75, 3.05) is 0 Å². The van der Waals surface area contributed by atoms with Gasteiger partial charge in [0.05, 0.1) is 0 Å². The Balaban J connectivity index is 1.83. The van der Waals surface area contributed by atoms with Crippen LogP contribution in [0.1, 0.15) is 11.1 Å². The fourth-order valence-corrected chi connectivity index (χ4v) is 1.64. The molecule has 2 aromatic carbocycles. The molecule has 0 spiro atoms. The van der Waals surface area contributed by atoms with Gasteiger partial charge in [0.2, 0.25) is 0 Å². The molecule has 0 atom stereocenters. The van der Waals surface area contributed by atoms with E-state index in [1.54, 1.807) is 0 Å². The third kappa shape index (κ3) is 1.54. The molecule has 0 unspecified atom stereocenters. The van der Waals surface area contributed by atoms with Gasteiger partial charge in [-0.25, -0.2) is 9.98 Å². The van der Waals surface area contributed by atoms with E-state index in [4.69, 9.17) is 0 Å². The Morgan fingerprint density at radius 3 is 1.25 bits per heavy atom. The molecule has 0 saturated heterocycles. The first kappa shape index (κ1) is 9.04. The highest BCUT2D eigenvalue weighted by atomic mass is 15.1. The van der Waals surface area contributed by atoms with Crippen molar-refractivity contribution in [2.45, 2.75) is 0 Å². The van der Waals surface area contributed by atoms with Crippen molar-refractivity contribution < 1.29 is 0 Å². The van der Waals surface area contributed by atoms with E-state index in [-0.39, 0.29) is 0 Å². The first-order valence-electron chi connectivity index (χ1n) is 5.22. The average Bonchev–Trinajstić information content (AvgIpc) is 2.30. The molecule has 0 saturated carbocycles. The standard InChI is InChI=1S/C14H10N2/c1-3-7-11(8-4-1)13-15-14(16-13)12-9-5-2-6-10-12/h1-10H. The number of aliphatic imine (C=N–C) groups is 2. The monoisotopic (exact) mass is 206 g/mol. The van der Waals surface area contributed by atoms with Crippen LogP contribution in [0.4, 0.5) is 0 Å². The van der Waals surface area contributed by atoms with Crippen molar-refractivity contribution in [1.29, 1.82) is 0 Å². The lowest BCUT2D eigenvalue weighted by Crippen LogP contribution is -2.15. The lowest BCUT2D eigenvalue weighted by molar-refractivity contribution is 1.39. The zero-order valence-corrected chi connectivity index (χ0v) is 8.67. The highest BCUT2D eigenvalue weighted by molar-refractivity contribution is 6.23. The van der Waals surface area contributed by atoms with Crippen molar-refractivity contribution >= 4 is 11.7 Å². The maximum atomic E-state index is 4.43. The minimum Gasteiger partial charge on any atom is -0.208 e. The zero-order valence-electron chi connectivity index (χ0n) is 8.67. The predicted molar refractivity (Wildman–Crippen MR) is 66.0 cm³/mol. The summed E-state index contributed by atoms with van der Waals surface area (Å²) in [7, 11) is 0. The number of benzene rings is 2. The molecule has 0 N–H and O–H groups in total. The van der Waals surface area contributed by atoms with Gasteiger partial charge in [-0.1, -0.05) is 60.7 Å². The third-order valence-electron chi connectivity index (χ3n) is 2.49. The van der Waals surface area contributed by atoms with Crippen LogP contribution in [0.2, 0.25) is 0 Å². The molecule has 2 aromatic rings. The van der Waals surface area contributed by atoms with Crippen molar-refractivity contribution in [3.8, 4) is 0 Å². The number of amidine groups is 2. The number of rotatable bonds is 2. The first-order valence-corrected chi connectivity index (χ1v) is 5.22. The van der Waals surface area contributed by atoms with Gasteiger partial charge >= 0.3 is 0 Å². The van der Waals surface area contributed by atoms with E-state index < -0.39 is 0 Å². The van der Waals surface area contributed by atoms with Crippen molar-refractivity contribution in [1.82, 2.24) is 0 Å². The maximum absolute atomic E-state index is 4.43. The number of nitrogens with zero attached hydrogens (tertiary/aromatic N) is 2. The van der Waals surface area contributed by atoms with Crippen molar-refractivity contribution in [2.24, 2.45) is 9.98 Å². The Morgan fingerprint density at radius 1 is 0.500 bits per heavy atom. The summed E-state index contributed by atoms with van der Waals surface area (Å²) in [5, 5.41) is 0. The first-order chi connectivity index (χ1) is 7.93. The maximum Gasteiger partial charge on any atom is 0.164 e. The van der Waals surface area contributed by atoms with E-state index >= 15 is 0 Å². The Labute approximate surface area is 94.0 Å². The van der Waals surface area contributed by atoms with Gasteiger partial charge < -0.3 is 0 Å². The number of hydrogen-bond acceptors (Lipinski definition) is 2. The molecule has 0 aromatic heterocycles. The van der Waals surface area contributed by atoms with Gasteiger partial charge in [0.15, 0.2) is 11.7 Å². The summed E-state index contributed by atoms with van der Waals surface area (Å²) in [6.45, 7) is 0. The van der Waals surface area contributed by atoms with Crippen LogP contribution < -0.4 is 0 Å². The second kappa shape index (κ2) is 3.74. The van der Waals surface area contributed by atoms with Gasteiger partial charge in [0.25, 0.3) is 0 Å². The fraction of sp³-hybridized carbons (Fsp3) is 0. The molecule has 76 valence electrons. The van der Waals surface area contributed by atoms with Gasteiger partial charge in [-0.2, -0.15) is 0 Å². The smallest absolute Gasteiger partial charge is 0.164 e. The van der Waals surface area contributed by atoms with E-state index in [1.807, 2.05) is 60.7 Å². The van der Waals surface area contributed by atoms with Crippen LogP contribution in [0, 0.1) is 0 Å². The SMILES string of the molecule is c1ccc(C2=NC(c3ccccc3)=N2)cc1. The lowest BCUT2D eigenvalue weighted by atomic mass is 10.1. The van der Waals surface area contributed by atoms with Crippen LogP contribution in [-0.2, 0) is 0 Å². The number of hydrogen-bond donors (Lipinski definition) is 0. The van der Waals surface area contributed by atoms with E-state index in [2.05, 4.69) is 9.98 Å². The summed E-state index contributed by atoms with van der Waals surface area (Å²) < 4.78 is 0. The van der Waals surface area contributed by atoms with Crippen LogP contribution in [0.15, 0.2) is 70.6 Å². The Morgan fingerprint density at radius 2 is 0.875 bits per heavy atom. The molecule has 0 amide bonds.